The van der Waals surface area contributed by atoms with Gasteiger partial charge in [0.05, 0.1) is 16.3 Å². The molecule has 0 fully saturated rings. The summed E-state index contributed by atoms with van der Waals surface area (Å²) in [6, 6.07) is 9.75. The maximum absolute atomic E-state index is 13.0. The number of amidine groups is 1. The van der Waals surface area contributed by atoms with Crippen LogP contribution in [0.1, 0.15) is 21.5 Å². The van der Waals surface area contributed by atoms with Crippen LogP contribution in [0.25, 0.3) is 0 Å². The fraction of sp³-hybridized carbons (Fsp3) is 0.118. The predicted octanol–water partition coefficient (Wildman–Crippen LogP) is 3.14. The van der Waals surface area contributed by atoms with Crippen molar-refractivity contribution in [2.75, 3.05) is 0 Å². The number of rotatable bonds is 3. The smallest absolute Gasteiger partial charge is 0.417 e. The second-order valence-corrected chi connectivity index (χ2v) is 6.43. The van der Waals surface area contributed by atoms with Gasteiger partial charge in [0.15, 0.2) is 0 Å². The first-order valence-corrected chi connectivity index (χ1v) is 8.53. The van der Waals surface area contributed by atoms with Crippen LogP contribution in [0, 0.1) is 6.20 Å². The molecular formula is C17H11F3N3O2S-. The van der Waals surface area contributed by atoms with Crippen LogP contribution in [0.4, 0.5) is 13.2 Å². The third kappa shape index (κ3) is 3.88. The van der Waals surface area contributed by atoms with E-state index in [-0.39, 0.29) is 11.7 Å². The lowest BCUT2D eigenvalue weighted by Gasteiger charge is -2.27. The Kier molecular flexibility index (Phi) is 4.99. The number of pyridine rings is 1. The number of carbonyl (C=O) groups is 1. The van der Waals surface area contributed by atoms with Crippen LogP contribution in [0.5, 0.6) is 0 Å². The molecule has 9 heteroatoms. The van der Waals surface area contributed by atoms with Crippen molar-refractivity contribution in [3.63, 3.8) is 0 Å². The molecule has 0 bridgehead atoms. The summed E-state index contributed by atoms with van der Waals surface area (Å²) in [6.45, 7) is 0.231. The van der Waals surface area contributed by atoms with E-state index in [4.69, 9.17) is 0 Å². The van der Waals surface area contributed by atoms with E-state index < -0.39 is 34.0 Å². The number of nitrogens with zero attached hydrogens (tertiary/aromatic N) is 3. The van der Waals surface area contributed by atoms with E-state index >= 15 is 0 Å². The van der Waals surface area contributed by atoms with Crippen LogP contribution in [-0.2, 0) is 23.5 Å². The first-order chi connectivity index (χ1) is 12.4. The maximum atomic E-state index is 13.0. The summed E-state index contributed by atoms with van der Waals surface area (Å²) >= 11 is 0. The lowest BCUT2D eigenvalue weighted by atomic mass is 10.1. The van der Waals surface area contributed by atoms with Crippen molar-refractivity contribution in [3.05, 3.63) is 77.1 Å². The van der Waals surface area contributed by atoms with E-state index in [1.165, 1.54) is 10.3 Å². The van der Waals surface area contributed by atoms with Gasteiger partial charge in [-0.3, -0.25) is 19.0 Å². The molecule has 0 spiro atoms. The Morgan fingerprint density at radius 2 is 1.96 bits per heavy atom. The van der Waals surface area contributed by atoms with Gasteiger partial charge in [0.2, 0.25) is 0 Å². The quantitative estimate of drug-likeness (QED) is 0.770. The van der Waals surface area contributed by atoms with Gasteiger partial charge in [-0.05, 0) is 11.6 Å². The van der Waals surface area contributed by atoms with Crippen LogP contribution >= 0.6 is 0 Å². The van der Waals surface area contributed by atoms with E-state index in [0.29, 0.717) is 6.07 Å². The molecule has 1 atom stereocenters. The molecule has 5 nitrogen and oxygen atoms in total. The standard InChI is InChI=1S/C17H11F3N3O2S/c18-17(19,20)14-6-7-21-10-13(14)15(24)22-16-23(8-9-26(16)25)11-12-4-2-1-3-5-12/h1-7,9-10H,11H2/q-1. The minimum atomic E-state index is -4.73. The number of hydrogen-bond donors (Lipinski definition) is 0. The van der Waals surface area contributed by atoms with Gasteiger partial charge < -0.3 is 4.90 Å². The summed E-state index contributed by atoms with van der Waals surface area (Å²) in [5.41, 5.74) is -1.00. The third-order valence-corrected chi connectivity index (χ3v) is 4.46. The number of carbonyl (C=O) groups excluding carboxylic acids is 1. The van der Waals surface area contributed by atoms with Crippen molar-refractivity contribution < 1.29 is 22.2 Å². The highest BCUT2D eigenvalue weighted by Crippen LogP contribution is 2.31. The van der Waals surface area contributed by atoms with Crippen molar-refractivity contribution in [1.29, 1.82) is 0 Å². The van der Waals surface area contributed by atoms with E-state index in [1.807, 2.05) is 18.2 Å². The molecule has 0 saturated heterocycles. The molecule has 1 aliphatic heterocycles. The predicted molar refractivity (Wildman–Crippen MR) is 88.9 cm³/mol. The molecule has 0 saturated carbocycles. The Hall–Kier alpha value is -2.81. The molecule has 1 aromatic carbocycles. The second-order valence-electron chi connectivity index (χ2n) is 5.23. The summed E-state index contributed by atoms with van der Waals surface area (Å²) in [4.78, 5) is 20.8. The van der Waals surface area contributed by atoms with Gasteiger partial charge in [-0.1, -0.05) is 35.7 Å². The summed E-state index contributed by atoms with van der Waals surface area (Å²) in [7, 11) is -1.77. The third-order valence-electron chi connectivity index (χ3n) is 3.46. The fourth-order valence-corrected chi connectivity index (χ4v) is 3.11. The first kappa shape index (κ1) is 18.0. The lowest BCUT2D eigenvalue weighted by molar-refractivity contribution is -0.138. The summed E-state index contributed by atoms with van der Waals surface area (Å²) in [5.74, 6) is -1.16. The molecule has 1 aromatic heterocycles. The van der Waals surface area contributed by atoms with Gasteiger partial charge >= 0.3 is 6.18 Å². The molecule has 0 N–H and O–H groups in total. The lowest BCUT2D eigenvalue weighted by Crippen LogP contribution is -2.25. The average Bonchev–Trinajstić information content (AvgIpc) is 2.95. The van der Waals surface area contributed by atoms with E-state index in [2.05, 4.69) is 16.2 Å². The van der Waals surface area contributed by atoms with Gasteiger partial charge in [0, 0.05) is 29.7 Å². The molecule has 26 heavy (non-hydrogen) atoms. The van der Waals surface area contributed by atoms with Gasteiger partial charge in [0.25, 0.3) is 5.91 Å². The van der Waals surface area contributed by atoms with Crippen LogP contribution in [-0.4, -0.2) is 25.2 Å². The monoisotopic (exact) mass is 378 g/mol. The van der Waals surface area contributed by atoms with Crippen LogP contribution in [0.3, 0.4) is 0 Å². The highest BCUT2D eigenvalue weighted by Gasteiger charge is 2.35. The van der Waals surface area contributed by atoms with Crippen LogP contribution in [0.15, 0.2) is 59.2 Å². The van der Waals surface area contributed by atoms with Crippen molar-refractivity contribution >= 4 is 21.9 Å². The average molecular weight is 378 g/mol. The van der Waals surface area contributed by atoms with Gasteiger partial charge in [-0.2, -0.15) is 19.4 Å². The normalized spacial score (nSPS) is 18.5. The Morgan fingerprint density at radius 3 is 2.65 bits per heavy atom. The first-order valence-electron chi connectivity index (χ1n) is 7.32. The Bertz CT molecular complexity index is 911. The number of benzene rings is 1. The highest BCUT2D eigenvalue weighted by atomic mass is 32.2. The molecular weight excluding hydrogens is 367 g/mol. The molecule has 1 unspecified atom stereocenters. The number of aliphatic imine (C=N–C) groups is 1. The number of aromatic nitrogens is 1. The Balaban J connectivity index is 1.91. The molecule has 1 amide bonds. The van der Waals surface area contributed by atoms with Crippen LogP contribution in [0.2, 0.25) is 0 Å². The van der Waals surface area contributed by atoms with Crippen molar-refractivity contribution in [1.82, 2.24) is 9.88 Å². The largest absolute Gasteiger partial charge is 0.485 e. The topological polar surface area (TPSA) is 62.6 Å². The molecule has 0 aliphatic carbocycles. The fourth-order valence-electron chi connectivity index (χ4n) is 2.27. The zero-order valence-corrected chi connectivity index (χ0v) is 13.9. The van der Waals surface area contributed by atoms with Crippen molar-refractivity contribution in [3.8, 4) is 0 Å². The second kappa shape index (κ2) is 7.20. The summed E-state index contributed by atoms with van der Waals surface area (Å²) < 4.78 is 51.2. The number of halogens is 3. The highest BCUT2D eigenvalue weighted by molar-refractivity contribution is 8.03. The SMILES string of the molecule is O=C(N=C1N(Cc2ccccc2)[C-]=CS1=O)c1cnccc1C(F)(F)F. The zero-order valence-electron chi connectivity index (χ0n) is 13.1. The minimum absolute atomic E-state index is 0.171. The van der Waals surface area contributed by atoms with Crippen LogP contribution < -0.4 is 0 Å². The number of alkyl halides is 3. The Labute approximate surface area is 149 Å². The van der Waals surface area contributed by atoms with Crippen molar-refractivity contribution in [2.45, 2.75) is 12.7 Å². The molecule has 1 aliphatic rings. The van der Waals surface area contributed by atoms with Gasteiger partial charge in [-0.15, -0.1) is 0 Å². The molecule has 0 radical (unpaired) electrons. The van der Waals surface area contributed by atoms with Crippen molar-refractivity contribution in [2.24, 2.45) is 4.99 Å². The van der Waals surface area contributed by atoms with E-state index in [0.717, 1.165) is 18.0 Å². The number of amides is 1. The Morgan fingerprint density at radius 1 is 1.23 bits per heavy atom. The molecule has 3 rings (SSSR count). The van der Waals surface area contributed by atoms with E-state index in [1.54, 1.807) is 12.1 Å². The maximum Gasteiger partial charge on any atom is 0.417 e. The number of hydrogen-bond acceptors (Lipinski definition) is 3. The van der Waals surface area contributed by atoms with Gasteiger partial charge in [-0.25, -0.2) is 0 Å². The summed E-state index contributed by atoms with van der Waals surface area (Å²) in [6.07, 6.45) is -0.292. The zero-order chi connectivity index (χ0) is 18.7. The molecule has 2 aromatic rings. The van der Waals surface area contributed by atoms with Gasteiger partial charge in [0.1, 0.15) is 0 Å². The minimum Gasteiger partial charge on any atom is -0.485 e. The van der Waals surface area contributed by atoms with E-state index in [9.17, 15) is 22.2 Å². The summed E-state index contributed by atoms with van der Waals surface area (Å²) in [5, 5.41) is 1.03. The molecule has 2 heterocycles. The molecule has 134 valence electrons.